The molecule has 0 aliphatic rings. The molecule has 8 heteroatoms. The van der Waals surface area contributed by atoms with Crippen LogP contribution in [0.2, 0.25) is 0 Å². The van der Waals surface area contributed by atoms with Gasteiger partial charge in [0.15, 0.2) is 5.84 Å². The van der Waals surface area contributed by atoms with Crippen molar-refractivity contribution in [1.29, 1.82) is 0 Å². The van der Waals surface area contributed by atoms with E-state index in [0.29, 0.717) is 5.76 Å². The van der Waals surface area contributed by atoms with E-state index in [9.17, 15) is 13.2 Å². The summed E-state index contributed by atoms with van der Waals surface area (Å²) in [5.74, 6) is -2.41. The molecule has 0 radical (unpaired) electrons. The third kappa shape index (κ3) is 3.66. The minimum atomic E-state index is -4.58. The van der Waals surface area contributed by atoms with Crippen LogP contribution >= 0.6 is 0 Å². The summed E-state index contributed by atoms with van der Waals surface area (Å²) >= 11 is 0. The Morgan fingerprint density at radius 2 is 2.28 bits per heavy atom. The molecule has 0 saturated heterocycles. The summed E-state index contributed by atoms with van der Waals surface area (Å²) in [6, 6.07) is 2.87. The van der Waals surface area contributed by atoms with E-state index in [1.54, 1.807) is 19.1 Å². The van der Waals surface area contributed by atoms with Crippen LogP contribution in [0.1, 0.15) is 18.7 Å². The standard InChI is InChI=1S/C10H14F3N3O2/c1-6(8-3-2-4-18-8)15-5-7(9(14)16-17)10(11,12)13/h2-4,6-7,15,17H,5H2,1H3,(H2,14,16). The van der Waals surface area contributed by atoms with Gasteiger partial charge in [0.2, 0.25) is 0 Å². The fraction of sp³-hybridized carbons (Fsp3) is 0.500. The molecule has 0 amide bonds. The molecule has 0 aromatic carbocycles. The summed E-state index contributed by atoms with van der Waals surface area (Å²) in [6.45, 7) is 1.15. The Morgan fingerprint density at radius 3 is 2.72 bits per heavy atom. The summed E-state index contributed by atoms with van der Waals surface area (Å²) in [5.41, 5.74) is 5.02. The Balaban J connectivity index is 2.63. The number of hydrogen-bond donors (Lipinski definition) is 3. The molecule has 0 aliphatic heterocycles. The highest BCUT2D eigenvalue weighted by atomic mass is 19.4. The maximum absolute atomic E-state index is 12.6. The van der Waals surface area contributed by atoms with Crippen LogP contribution in [0.5, 0.6) is 0 Å². The van der Waals surface area contributed by atoms with Gasteiger partial charge in [-0.1, -0.05) is 5.16 Å². The van der Waals surface area contributed by atoms with Crippen molar-refractivity contribution in [1.82, 2.24) is 5.32 Å². The van der Waals surface area contributed by atoms with Crippen LogP contribution in [0.15, 0.2) is 28.0 Å². The van der Waals surface area contributed by atoms with Crippen LogP contribution in [0.4, 0.5) is 13.2 Å². The summed E-state index contributed by atoms with van der Waals surface area (Å²) in [7, 11) is 0. The molecule has 0 saturated carbocycles. The molecule has 0 fully saturated rings. The van der Waals surface area contributed by atoms with E-state index in [2.05, 4.69) is 10.5 Å². The van der Waals surface area contributed by atoms with Gasteiger partial charge in [-0.3, -0.25) is 0 Å². The second-order valence-corrected chi connectivity index (χ2v) is 3.76. The van der Waals surface area contributed by atoms with E-state index >= 15 is 0 Å². The third-order valence-electron chi connectivity index (χ3n) is 2.47. The Bertz CT molecular complexity index is 390. The van der Waals surface area contributed by atoms with Crippen LogP contribution in [-0.4, -0.2) is 23.8 Å². The van der Waals surface area contributed by atoms with E-state index in [-0.39, 0.29) is 0 Å². The van der Waals surface area contributed by atoms with E-state index in [1.165, 1.54) is 6.26 Å². The number of oxime groups is 1. The first-order valence-corrected chi connectivity index (χ1v) is 5.17. The number of rotatable bonds is 5. The minimum Gasteiger partial charge on any atom is -0.468 e. The molecule has 2 unspecified atom stereocenters. The molecule has 1 heterocycles. The Kier molecular flexibility index (Phi) is 4.60. The fourth-order valence-corrected chi connectivity index (χ4v) is 1.39. The first-order chi connectivity index (χ1) is 8.36. The quantitative estimate of drug-likeness (QED) is 0.328. The average molecular weight is 265 g/mol. The smallest absolute Gasteiger partial charge is 0.400 e. The van der Waals surface area contributed by atoms with Crippen molar-refractivity contribution in [3.63, 3.8) is 0 Å². The predicted octanol–water partition coefficient (Wildman–Crippen LogP) is 1.86. The first-order valence-electron chi connectivity index (χ1n) is 5.17. The van der Waals surface area contributed by atoms with E-state index in [0.717, 1.165) is 0 Å². The Hall–Kier alpha value is -1.70. The molecule has 0 spiro atoms. The molecule has 5 nitrogen and oxygen atoms in total. The maximum atomic E-state index is 12.6. The topological polar surface area (TPSA) is 83.8 Å². The van der Waals surface area contributed by atoms with Gasteiger partial charge in [0.1, 0.15) is 11.7 Å². The van der Waals surface area contributed by atoms with Crippen molar-refractivity contribution in [3.8, 4) is 0 Å². The number of nitrogens with one attached hydrogen (secondary N) is 1. The van der Waals surface area contributed by atoms with E-state index < -0.39 is 30.5 Å². The van der Waals surface area contributed by atoms with Crippen molar-refractivity contribution >= 4 is 5.84 Å². The van der Waals surface area contributed by atoms with Gasteiger partial charge in [-0.05, 0) is 19.1 Å². The first kappa shape index (κ1) is 14.4. The number of amidine groups is 1. The second-order valence-electron chi connectivity index (χ2n) is 3.76. The maximum Gasteiger partial charge on any atom is 0.400 e. The van der Waals surface area contributed by atoms with Gasteiger partial charge in [-0.2, -0.15) is 13.2 Å². The number of alkyl halides is 3. The van der Waals surface area contributed by atoms with Crippen LogP contribution in [-0.2, 0) is 0 Å². The molecule has 1 aromatic heterocycles. The highest BCUT2D eigenvalue weighted by Gasteiger charge is 2.42. The summed E-state index contributed by atoms with van der Waals surface area (Å²) in [5, 5.41) is 13.4. The number of nitrogens with two attached hydrogens (primary N) is 1. The Labute approximate surface area is 101 Å². The lowest BCUT2D eigenvalue weighted by Crippen LogP contribution is -2.43. The minimum absolute atomic E-state index is 0.406. The largest absolute Gasteiger partial charge is 0.468 e. The fourth-order valence-electron chi connectivity index (χ4n) is 1.39. The van der Waals surface area contributed by atoms with E-state index in [1.807, 2.05) is 0 Å². The van der Waals surface area contributed by atoms with Gasteiger partial charge in [-0.15, -0.1) is 0 Å². The van der Waals surface area contributed by atoms with Gasteiger partial charge >= 0.3 is 6.18 Å². The third-order valence-corrected chi connectivity index (χ3v) is 2.47. The number of halogens is 3. The van der Waals surface area contributed by atoms with Crippen LogP contribution in [0.3, 0.4) is 0 Å². The molecule has 2 atom stereocenters. The van der Waals surface area contributed by atoms with Crippen molar-refractivity contribution in [2.24, 2.45) is 16.8 Å². The number of furan rings is 1. The van der Waals surface area contributed by atoms with Crippen molar-refractivity contribution < 1.29 is 22.8 Å². The van der Waals surface area contributed by atoms with Gasteiger partial charge in [0.25, 0.3) is 0 Å². The molecule has 0 bridgehead atoms. The van der Waals surface area contributed by atoms with E-state index in [4.69, 9.17) is 15.4 Å². The summed E-state index contributed by atoms with van der Waals surface area (Å²) < 4.78 is 42.9. The zero-order valence-corrected chi connectivity index (χ0v) is 9.61. The molecule has 102 valence electrons. The van der Waals surface area contributed by atoms with Gasteiger partial charge in [0.05, 0.1) is 12.3 Å². The summed E-state index contributed by atoms with van der Waals surface area (Å²) in [6.07, 6.45) is -3.15. The number of nitrogens with zero attached hydrogens (tertiary/aromatic N) is 1. The zero-order valence-electron chi connectivity index (χ0n) is 9.61. The van der Waals surface area contributed by atoms with Crippen molar-refractivity contribution in [2.45, 2.75) is 19.1 Å². The molecule has 0 aliphatic carbocycles. The second kappa shape index (κ2) is 5.76. The van der Waals surface area contributed by atoms with Crippen LogP contribution < -0.4 is 11.1 Å². The van der Waals surface area contributed by atoms with Crippen molar-refractivity contribution in [2.75, 3.05) is 6.54 Å². The van der Waals surface area contributed by atoms with Gasteiger partial charge in [0, 0.05) is 6.54 Å². The highest BCUT2D eigenvalue weighted by molar-refractivity contribution is 5.83. The molecule has 4 N–H and O–H groups in total. The Morgan fingerprint density at radius 1 is 1.61 bits per heavy atom. The molecule has 1 aromatic rings. The lowest BCUT2D eigenvalue weighted by Gasteiger charge is -2.21. The zero-order chi connectivity index (χ0) is 13.8. The summed E-state index contributed by atoms with van der Waals surface area (Å²) in [4.78, 5) is 0. The molecule has 1 rings (SSSR count). The monoisotopic (exact) mass is 265 g/mol. The molecular formula is C10H14F3N3O2. The SMILES string of the molecule is CC(NCC(/C(N)=N/O)C(F)(F)F)c1ccco1. The van der Waals surface area contributed by atoms with Gasteiger partial charge in [-0.25, -0.2) is 0 Å². The van der Waals surface area contributed by atoms with Crippen LogP contribution in [0.25, 0.3) is 0 Å². The predicted molar refractivity (Wildman–Crippen MR) is 58.1 cm³/mol. The normalized spacial score (nSPS) is 16.6. The highest BCUT2D eigenvalue weighted by Crippen LogP contribution is 2.26. The van der Waals surface area contributed by atoms with Crippen LogP contribution in [0, 0.1) is 5.92 Å². The lowest BCUT2D eigenvalue weighted by atomic mass is 10.1. The number of hydrogen-bond acceptors (Lipinski definition) is 4. The average Bonchev–Trinajstić information content (AvgIpc) is 2.80. The van der Waals surface area contributed by atoms with Crippen molar-refractivity contribution in [3.05, 3.63) is 24.2 Å². The molecular weight excluding hydrogens is 251 g/mol. The van der Waals surface area contributed by atoms with Gasteiger partial charge < -0.3 is 20.7 Å². The lowest BCUT2D eigenvalue weighted by molar-refractivity contribution is -0.155. The molecule has 18 heavy (non-hydrogen) atoms.